The maximum absolute atomic E-state index is 13.5. The van der Waals surface area contributed by atoms with Crippen LogP contribution in [-0.4, -0.2) is 28.3 Å². The van der Waals surface area contributed by atoms with Crippen molar-refractivity contribution >= 4 is 11.9 Å². The summed E-state index contributed by atoms with van der Waals surface area (Å²) < 4.78 is 19.5. The fourth-order valence-corrected chi connectivity index (χ4v) is 2.12. The van der Waals surface area contributed by atoms with Gasteiger partial charge >= 0.3 is 5.97 Å². The van der Waals surface area contributed by atoms with Gasteiger partial charge in [0.15, 0.2) is 12.3 Å². The molecule has 0 aliphatic heterocycles. The number of amides is 1. The third-order valence-electron chi connectivity index (χ3n) is 3.57. The number of hydrogen-bond acceptors (Lipinski definition) is 5. The number of esters is 1. The Hall–Kier alpha value is -3.03. The maximum atomic E-state index is 13.5. The number of carbonyl (C=O) groups excluding carboxylic acids is 2. The van der Waals surface area contributed by atoms with Gasteiger partial charge in [-0.3, -0.25) is 9.59 Å². The molecule has 2 rings (SSSR count). The first-order valence-electron chi connectivity index (χ1n) is 8.26. The molecule has 26 heavy (non-hydrogen) atoms. The molecule has 0 unspecified atom stereocenters. The van der Waals surface area contributed by atoms with Gasteiger partial charge in [-0.25, -0.2) is 13.9 Å². The van der Waals surface area contributed by atoms with Crippen molar-refractivity contribution in [3.8, 4) is 0 Å². The van der Waals surface area contributed by atoms with Gasteiger partial charge in [-0.15, -0.1) is 0 Å². The number of carbonyl (C=O) groups is 2. The average molecular weight is 361 g/mol. The molecule has 0 radical (unpaired) electrons. The highest BCUT2D eigenvalue weighted by molar-refractivity contribution is 5.89. The third kappa shape index (κ3) is 5.51. The van der Waals surface area contributed by atoms with Crippen LogP contribution in [-0.2, 0) is 22.6 Å². The molecule has 0 saturated heterocycles. The second-order valence-electron chi connectivity index (χ2n) is 5.58. The zero-order valence-corrected chi connectivity index (χ0v) is 14.4. The number of hydrogen-bond donors (Lipinski definition) is 1. The first-order chi connectivity index (χ1) is 12.5. The molecule has 1 aromatic heterocycles. The minimum Gasteiger partial charge on any atom is -0.451 e. The predicted octanol–water partition coefficient (Wildman–Crippen LogP) is 1.66. The molecule has 0 spiro atoms. The monoisotopic (exact) mass is 361 g/mol. The predicted molar refractivity (Wildman–Crippen MR) is 91.9 cm³/mol. The van der Waals surface area contributed by atoms with E-state index in [1.54, 1.807) is 18.2 Å². The van der Waals surface area contributed by atoms with Crippen LogP contribution in [0.5, 0.6) is 0 Å². The summed E-state index contributed by atoms with van der Waals surface area (Å²) >= 11 is 0. The largest absolute Gasteiger partial charge is 0.451 e. The molecule has 1 amide bonds. The van der Waals surface area contributed by atoms with E-state index in [1.807, 2.05) is 6.92 Å². The fourth-order valence-electron chi connectivity index (χ4n) is 2.12. The number of ether oxygens (including phenoxy) is 1. The molecule has 1 aromatic carbocycles. The summed E-state index contributed by atoms with van der Waals surface area (Å²) in [5, 5.41) is 6.40. The van der Waals surface area contributed by atoms with Crippen LogP contribution < -0.4 is 10.9 Å². The first-order valence-corrected chi connectivity index (χ1v) is 8.26. The van der Waals surface area contributed by atoms with E-state index in [2.05, 4.69) is 10.4 Å². The van der Waals surface area contributed by atoms with Gasteiger partial charge in [0.05, 0.1) is 0 Å². The number of aryl methyl sites for hydroxylation is 1. The van der Waals surface area contributed by atoms with Crippen LogP contribution in [0.2, 0.25) is 0 Å². The van der Waals surface area contributed by atoms with E-state index in [-0.39, 0.29) is 17.8 Å². The third-order valence-corrected chi connectivity index (χ3v) is 3.57. The number of unbranched alkanes of at least 4 members (excludes halogenated alkanes) is 1. The molecule has 0 aliphatic rings. The van der Waals surface area contributed by atoms with Gasteiger partial charge in [0, 0.05) is 24.7 Å². The van der Waals surface area contributed by atoms with E-state index in [9.17, 15) is 18.8 Å². The van der Waals surface area contributed by atoms with Crippen molar-refractivity contribution in [2.75, 3.05) is 6.61 Å². The summed E-state index contributed by atoms with van der Waals surface area (Å²) in [6.07, 6.45) is 1.63. The molecule has 0 fully saturated rings. The first kappa shape index (κ1) is 19.3. The van der Waals surface area contributed by atoms with E-state index in [1.165, 1.54) is 22.9 Å². The van der Waals surface area contributed by atoms with Gasteiger partial charge in [0.25, 0.3) is 11.5 Å². The van der Waals surface area contributed by atoms with Gasteiger partial charge in [-0.1, -0.05) is 31.5 Å². The second-order valence-corrected chi connectivity index (χ2v) is 5.58. The Morgan fingerprint density at radius 1 is 1.23 bits per heavy atom. The normalized spacial score (nSPS) is 10.4. The summed E-state index contributed by atoms with van der Waals surface area (Å²) in [6, 6.07) is 8.53. The quantitative estimate of drug-likeness (QED) is 0.722. The Morgan fingerprint density at radius 2 is 2.00 bits per heavy atom. The number of nitrogens with one attached hydrogen (secondary N) is 1. The van der Waals surface area contributed by atoms with E-state index < -0.39 is 24.3 Å². The minimum atomic E-state index is -0.809. The van der Waals surface area contributed by atoms with Crippen LogP contribution in [0.1, 0.15) is 35.8 Å². The van der Waals surface area contributed by atoms with Crippen LogP contribution in [0.25, 0.3) is 0 Å². The van der Waals surface area contributed by atoms with Gasteiger partial charge in [-0.2, -0.15) is 5.10 Å². The zero-order chi connectivity index (χ0) is 18.9. The summed E-state index contributed by atoms with van der Waals surface area (Å²) in [5.74, 6) is -1.81. The molecule has 0 atom stereocenters. The smallest absolute Gasteiger partial charge is 0.359 e. The molecular weight excluding hydrogens is 341 g/mol. The van der Waals surface area contributed by atoms with E-state index in [4.69, 9.17) is 4.74 Å². The Bertz CT molecular complexity index is 835. The van der Waals surface area contributed by atoms with Crippen LogP contribution in [0.15, 0.2) is 41.2 Å². The molecule has 1 heterocycles. The van der Waals surface area contributed by atoms with E-state index >= 15 is 0 Å². The van der Waals surface area contributed by atoms with Crippen molar-refractivity contribution < 1.29 is 18.7 Å². The molecule has 7 nitrogen and oxygen atoms in total. The lowest BCUT2D eigenvalue weighted by atomic mass is 10.2. The van der Waals surface area contributed by atoms with Crippen molar-refractivity contribution in [3.05, 3.63) is 63.8 Å². The number of aromatic nitrogens is 2. The lowest BCUT2D eigenvalue weighted by molar-refractivity contribution is -0.124. The number of nitrogens with zero attached hydrogens (tertiary/aromatic N) is 2. The lowest BCUT2D eigenvalue weighted by Gasteiger charge is -2.08. The van der Waals surface area contributed by atoms with Crippen LogP contribution in [0, 0.1) is 5.82 Å². The zero-order valence-electron chi connectivity index (χ0n) is 14.4. The van der Waals surface area contributed by atoms with Crippen molar-refractivity contribution in [3.63, 3.8) is 0 Å². The van der Waals surface area contributed by atoms with Gasteiger partial charge in [-0.05, 0) is 18.6 Å². The topological polar surface area (TPSA) is 90.3 Å². The highest BCUT2D eigenvalue weighted by Crippen LogP contribution is 2.05. The molecule has 0 aliphatic carbocycles. The van der Waals surface area contributed by atoms with Gasteiger partial charge in [0.2, 0.25) is 0 Å². The molecule has 0 saturated carbocycles. The highest BCUT2D eigenvalue weighted by Gasteiger charge is 2.13. The Labute approximate surface area is 149 Å². The van der Waals surface area contributed by atoms with Gasteiger partial charge < -0.3 is 10.1 Å². The van der Waals surface area contributed by atoms with Crippen molar-refractivity contribution in [2.45, 2.75) is 32.9 Å². The van der Waals surface area contributed by atoms with Crippen molar-refractivity contribution in [2.24, 2.45) is 0 Å². The lowest BCUT2D eigenvalue weighted by Crippen LogP contribution is -2.30. The second kappa shape index (κ2) is 9.45. The van der Waals surface area contributed by atoms with Crippen LogP contribution in [0.4, 0.5) is 4.39 Å². The fraction of sp³-hybridized carbons (Fsp3) is 0.333. The molecule has 0 bridgehead atoms. The minimum absolute atomic E-state index is 0.0107. The summed E-state index contributed by atoms with van der Waals surface area (Å²) in [7, 11) is 0. The molecule has 8 heteroatoms. The average Bonchev–Trinajstić information content (AvgIpc) is 2.64. The summed E-state index contributed by atoms with van der Waals surface area (Å²) in [4.78, 5) is 35.4. The molecule has 2 aromatic rings. The van der Waals surface area contributed by atoms with Crippen molar-refractivity contribution in [1.82, 2.24) is 15.1 Å². The van der Waals surface area contributed by atoms with Crippen molar-refractivity contribution in [1.29, 1.82) is 0 Å². The number of halogens is 1. The Kier molecular flexibility index (Phi) is 7.02. The molecular formula is C18H20FN3O4. The van der Waals surface area contributed by atoms with Gasteiger partial charge in [0.1, 0.15) is 5.82 Å². The highest BCUT2D eigenvalue weighted by atomic mass is 19.1. The number of rotatable bonds is 8. The van der Waals surface area contributed by atoms with Crippen LogP contribution in [0.3, 0.4) is 0 Å². The SMILES string of the molecule is CCCCn1nc(C(=O)OCC(=O)NCc2ccccc2F)ccc1=O. The Balaban J connectivity index is 1.87. The molecule has 1 N–H and O–H groups in total. The number of benzene rings is 1. The van der Waals surface area contributed by atoms with Crippen LogP contribution >= 0.6 is 0 Å². The summed E-state index contributed by atoms with van der Waals surface area (Å²) in [6.45, 7) is 1.84. The maximum Gasteiger partial charge on any atom is 0.359 e. The molecule has 138 valence electrons. The summed E-state index contributed by atoms with van der Waals surface area (Å²) in [5.41, 5.74) is -0.0305. The Morgan fingerprint density at radius 3 is 2.73 bits per heavy atom. The van der Waals surface area contributed by atoms with E-state index in [0.29, 0.717) is 12.1 Å². The van der Waals surface area contributed by atoms with E-state index in [0.717, 1.165) is 12.8 Å². The standard InChI is InChI=1S/C18H20FN3O4/c1-2-3-10-22-17(24)9-8-15(21-22)18(25)26-12-16(23)20-11-13-6-4-5-7-14(13)19/h4-9H,2-3,10-12H2,1H3,(H,20,23).